The largest absolute Gasteiger partial charge is 0.481 e. The van der Waals surface area contributed by atoms with Crippen LogP contribution in [0.3, 0.4) is 0 Å². The summed E-state index contributed by atoms with van der Waals surface area (Å²) in [5, 5.41) is 9.57. The number of amides is 2. The number of rotatable bonds is 8. The summed E-state index contributed by atoms with van der Waals surface area (Å²) in [6, 6.07) is 9.80. The van der Waals surface area contributed by atoms with Gasteiger partial charge in [0.05, 0.1) is 19.2 Å². The molecule has 0 radical (unpaired) electrons. The molecule has 158 valence electrons. The molecule has 2 amide bonds. The van der Waals surface area contributed by atoms with Crippen LogP contribution in [-0.2, 0) is 16.0 Å². The standard InChI is InChI=1S/C21H25N5O4/c1-3-9-25-19-16(23-17(24-19)15(12-30-2)20(27)28)18-22-14(11-26(18)21(25)29)10-13-7-5-4-6-8-13/h4-8,14-15H,3,9-12H2,1-2H3,(H,23,24)(H,27,28)/t14-,15?/m1/s1. The summed E-state index contributed by atoms with van der Waals surface area (Å²) in [5.41, 5.74) is 1.75. The van der Waals surface area contributed by atoms with Gasteiger partial charge in [-0.05, 0) is 18.4 Å². The van der Waals surface area contributed by atoms with E-state index < -0.39 is 11.9 Å². The number of hydrogen-bond donors (Lipinski definition) is 2. The lowest BCUT2D eigenvalue weighted by atomic mass is 10.1. The van der Waals surface area contributed by atoms with Crippen LogP contribution in [0.15, 0.2) is 35.3 Å². The number of nitrogens with zero attached hydrogens (tertiary/aromatic N) is 4. The Balaban J connectivity index is 1.71. The number of hydrogen-bond acceptors (Lipinski definition) is 5. The van der Waals surface area contributed by atoms with Gasteiger partial charge in [0.25, 0.3) is 0 Å². The van der Waals surface area contributed by atoms with E-state index in [0.29, 0.717) is 30.4 Å². The number of amidine groups is 1. The monoisotopic (exact) mass is 411 g/mol. The van der Waals surface area contributed by atoms with Crippen LogP contribution in [0.4, 0.5) is 10.6 Å². The number of aliphatic carboxylic acids is 1. The SMILES string of the molecule is CCCN1C(=O)N2C[C@@H](Cc3ccccc3)N=C2c2[nH]c(C(COC)C(=O)O)nc21. The van der Waals surface area contributed by atoms with Crippen LogP contribution in [-0.4, -0.2) is 70.7 Å². The third-order valence-electron chi connectivity index (χ3n) is 5.32. The summed E-state index contributed by atoms with van der Waals surface area (Å²) >= 11 is 0. The molecule has 1 unspecified atom stereocenters. The Morgan fingerprint density at radius 3 is 2.80 bits per heavy atom. The van der Waals surface area contributed by atoms with E-state index in [9.17, 15) is 14.7 Å². The van der Waals surface area contributed by atoms with Crippen molar-refractivity contribution in [1.82, 2.24) is 14.9 Å². The maximum Gasteiger partial charge on any atom is 0.331 e. The first-order valence-electron chi connectivity index (χ1n) is 10.1. The first kappa shape index (κ1) is 20.1. The second-order valence-electron chi connectivity index (χ2n) is 7.51. The Morgan fingerprint density at radius 2 is 2.13 bits per heavy atom. The summed E-state index contributed by atoms with van der Waals surface area (Å²) in [6.07, 6.45) is 1.47. The van der Waals surface area contributed by atoms with Gasteiger partial charge in [-0.15, -0.1) is 0 Å². The van der Waals surface area contributed by atoms with Gasteiger partial charge < -0.3 is 14.8 Å². The lowest BCUT2D eigenvalue weighted by Gasteiger charge is -2.32. The van der Waals surface area contributed by atoms with Crippen LogP contribution in [0.1, 0.15) is 36.3 Å². The molecule has 0 aliphatic carbocycles. The Morgan fingerprint density at radius 1 is 1.37 bits per heavy atom. The highest BCUT2D eigenvalue weighted by Crippen LogP contribution is 2.33. The molecule has 0 bridgehead atoms. The van der Waals surface area contributed by atoms with E-state index in [4.69, 9.17) is 9.73 Å². The molecule has 9 heteroatoms. The Hall–Kier alpha value is -3.20. The number of methoxy groups -OCH3 is 1. The summed E-state index contributed by atoms with van der Waals surface area (Å²) < 4.78 is 5.06. The van der Waals surface area contributed by atoms with Crippen molar-refractivity contribution in [3.8, 4) is 0 Å². The van der Waals surface area contributed by atoms with Crippen molar-refractivity contribution < 1.29 is 19.4 Å². The molecule has 2 aromatic rings. The summed E-state index contributed by atoms with van der Waals surface area (Å²) in [6.45, 7) is 2.94. The molecule has 3 heterocycles. The topological polar surface area (TPSA) is 111 Å². The van der Waals surface area contributed by atoms with E-state index in [0.717, 1.165) is 18.4 Å². The second kappa shape index (κ2) is 8.27. The van der Waals surface area contributed by atoms with E-state index >= 15 is 0 Å². The number of urea groups is 1. The smallest absolute Gasteiger partial charge is 0.331 e. The number of ether oxygens (including phenoxy) is 1. The maximum absolute atomic E-state index is 13.2. The van der Waals surface area contributed by atoms with Crippen molar-refractivity contribution in [2.45, 2.75) is 31.7 Å². The summed E-state index contributed by atoms with van der Waals surface area (Å²) in [5.74, 6) is -0.754. The van der Waals surface area contributed by atoms with E-state index in [1.54, 1.807) is 9.80 Å². The maximum atomic E-state index is 13.2. The van der Waals surface area contributed by atoms with Crippen molar-refractivity contribution in [3.63, 3.8) is 0 Å². The molecule has 0 saturated carbocycles. The number of carbonyl (C=O) groups excluding carboxylic acids is 1. The van der Waals surface area contributed by atoms with Crippen molar-refractivity contribution in [3.05, 3.63) is 47.4 Å². The van der Waals surface area contributed by atoms with Crippen molar-refractivity contribution in [1.29, 1.82) is 0 Å². The third-order valence-corrected chi connectivity index (χ3v) is 5.32. The van der Waals surface area contributed by atoms with E-state index in [1.807, 2.05) is 37.3 Å². The minimum atomic E-state index is -1.04. The lowest BCUT2D eigenvalue weighted by Crippen LogP contribution is -2.50. The molecular formula is C21H25N5O4. The number of carbonyl (C=O) groups is 2. The lowest BCUT2D eigenvalue weighted by molar-refractivity contribution is -0.140. The number of aromatic amines is 1. The van der Waals surface area contributed by atoms with Gasteiger partial charge in [0.15, 0.2) is 11.7 Å². The van der Waals surface area contributed by atoms with Crippen LogP contribution in [0.5, 0.6) is 0 Å². The highest BCUT2D eigenvalue weighted by molar-refractivity contribution is 6.18. The van der Waals surface area contributed by atoms with Crippen LogP contribution >= 0.6 is 0 Å². The first-order valence-corrected chi connectivity index (χ1v) is 10.1. The molecule has 1 aromatic carbocycles. The highest BCUT2D eigenvalue weighted by atomic mass is 16.5. The molecule has 1 aromatic heterocycles. The molecule has 2 N–H and O–H groups in total. The average Bonchev–Trinajstić information content (AvgIpc) is 3.34. The zero-order chi connectivity index (χ0) is 21.3. The molecule has 30 heavy (non-hydrogen) atoms. The molecule has 0 fully saturated rings. The molecule has 4 rings (SSSR count). The van der Waals surface area contributed by atoms with Gasteiger partial charge in [-0.2, -0.15) is 0 Å². The number of carboxylic acids is 1. The number of aromatic nitrogens is 2. The van der Waals surface area contributed by atoms with Gasteiger partial charge in [-0.3, -0.25) is 19.6 Å². The number of carboxylic acid groups (broad SMARTS) is 1. The van der Waals surface area contributed by atoms with Crippen molar-refractivity contribution >= 4 is 23.7 Å². The molecule has 2 atom stereocenters. The predicted octanol–water partition coefficient (Wildman–Crippen LogP) is 2.25. The van der Waals surface area contributed by atoms with E-state index in [2.05, 4.69) is 9.97 Å². The van der Waals surface area contributed by atoms with E-state index in [-0.39, 0.29) is 24.5 Å². The van der Waals surface area contributed by atoms with Crippen molar-refractivity contribution in [2.75, 3.05) is 31.7 Å². The van der Waals surface area contributed by atoms with Gasteiger partial charge in [0.2, 0.25) is 0 Å². The predicted molar refractivity (Wildman–Crippen MR) is 111 cm³/mol. The van der Waals surface area contributed by atoms with Crippen LogP contribution in [0.25, 0.3) is 0 Å². The van der Waals surface area contributed by atoms with Gasteiger partial charge in [-0.25, -0.2) is 9.78 Å². The molecule has 0 spiro atoms. The quantitative estimate of drug-likeness (QED) is 0.692. The number of benzene rings is 1. The number of H-pyrrole nitrogens is 1. The summed E-state index contributed by atoms with van der Waals surface area (Å²) in [4.78, 5) is 40.6. The first-order chi connectivity index (χ1) is 14.5. The van der Waals surface area contributed by atoms with Gasteiger partial charge in [-0.1, -0.05) is 37.3 Å². The number of anilines is 1. The molecular weight excluding hydrogens is 386 g/mol. The van der Waals surface area contributed by atoms with Gasteiger partial charge in [0, 0.05) is 13.7 Å². The number of aliphatic imine (C=N–C) groups is 1. The van der Waals surface area contributed by atoms with Crippen molar-refractivity contribution in [2.24, 2.45) is 4.99 Å². The Bertz CT molecular complexity index is 971. The third kappa shape index (κ3) is 3.56. The fourth-order valence-corrected chi connectivity index (χ4v) is 3.94. The van der Waals surface area contributed by atoms with Crippen LogP contribution in [0, 0.1) is 0 Å². The minimum Gasteiger partial charge on any atom is -0.481 e. The zero-order valence-corrected chi connectivity index (χ0v) is 17.0. The Kier molecular flexibility index (Phi) is 5.54. The van der Waals surface area contributed by atoms with Gasteiger partial charge >= 0.3 is 12.0 Å². The average molecular weight is 411 g/mol. The number of imidazole rings is 1. The zero-order valence-electron chi connectivity index (χ0n) is 17.0. The molecule has 2 aliphatic rings. The molecule has 9 nitrogen and oxygen atoms in total. The normalized spacial score (nSPS) is 18.8. The fourth-order valence-electron chi connectivity index (χ4n) is 3.94. The van der Waals surface area contributed by atoms with Crippen LogP contribution < -0.4 is 4.90 Å². The minimum absolute atomic E-state index is 0.0176. The van der Waals surface area contributed by atoms with Crippen LogP contribution in [0.2, 0.25) is 0 Å². The number of nitrogens with one attached hydrogen (secondary N) is 1. The fraction of sp³-hybridized carbons (Fsp3) is 0.429. The second-order valence-corrected chi connectivity index (χ2v) is 7.51. The summed E-state index contributed by atoms with van der Waals surface area (Å²) in [7, 11) is 1.45. The molecule has 2 aliphatic heterocycles. The number of fused-ring (bicyclic) bond motifs is 3. The highest BCUT2D eigenvalue weighted by Gasteiger charge is 2.43. The molecule has 0 saturated heterocycles. The Labute approximate surface area is 174 Å². The van der Waals surface area contributed by atoms with Gasteiger partial charge in [0.1, 0.15) is 17.4 Å². The van der Waals surface area contributed by atoms with E-state index in [1.165, 1.54) is 7.11 Å².